The van der Waals surface area contributed by atoms with E-state index in [2.05, 4.69) is 41.3 Å². The Hall–Kier alpha value is -4.64. The minimum atomic E-state index is -4.72. The molecule has 1 aliphatic rings. The van der Waals surface area contributed by atoms with E-state index >= 15 is 0 Å². The van der Waals surface area contributed by atoms with Crippen LogP contribution in [-0.2, 0) is 19.1 Å². The fourth-order valence-electron chi connectivity index (χ4n) is 5.26. The predicted molar refractivity (Wildman–Crippen MR) is 150 cm³/mol. The van der Waals surface area contributed by atoms with Gasteiger partial charge in [0.15, 0.2) is 17.1 Å². The summed E-state index contributed by atoms with van der Waals surface area (Å²) in [6.07, 6.45) is -4.72. The maximum atomic E-state index is 14.0. The van der Waals surface area contributed by atoms with Crippen LogP contribution in [0.5, 0.6) is 0 Å². The van der Waals surface area contributed by atoms with E-state index in [1.165, 1.54) is 28.7 Å². The molecule has 0 spiro atoms. The van der Waals surface area contributed by atoms with Gasteiger partial charge in [-0.15, -0.1) is 0 Å². The number of hydrogen-bond acceptors (Lipinski definition) is 6. The second kappa shape index (κ2) is 10.1. The number of carbonyl (C=O) groups excluding carboxylic acids is 1. The van der Waals surface area contributed by atoms with Crippen molar-refractivity contribution < 1.29 is 22.5 Å². The van der Waals surface area contributed by atoms with Gasteiger partial charge in [0.2, 0.25) is 0 Å². The number of nitrogen functional groups attached to an aromatic ring is 1. The van der Waals surface area contributed by atoms with Crippen molar-refractivity contribution in [2.24, 2.45) is 0 Å². The molecule has 0 atom stereocenters. The highest BCUT2D eigenvalue weighted by molar-refractivity contribution is 6.08. The van der Waals surface area contributed by atoms with Gasteiger partial charge in [0.25, 0.3) is 5.91 Å². The van der Waals surface area contributed by atoms with E-state index in [0.29, 0.717) is 16.7 Å². The van der Waals surface area contributed by atoms with E-state index in [1.807, 2.05) is 36.4 Å². The van der Waals surface area contributed by atoms with Crippen molar-refractivity contribution in [2.45, 2.75) is 26.1 Å². The van der Waals surface area contributed by atoms with Crippen molar-refractivity contribution in [2.75, 3.05) is 30.8 Å². The first kappa shape index (κ1) is 26.6. The molecule has 0 unspecified atom stereocenters. The molecule has 210 valence electrons. The molecule has 0 fully saturated rings. The molecule has 2 N–H and O–H groups in total. The van der Waals surface area contributed by atoms with Crippen LogP contribution in [0.3, 0.4) is 0 Å². The van der Waals surface area contributed by atoms with E-state index in [-0.39, 0.29) is 35.7 Å². The van der Waals surface area contributed by atoms with Gasteiger partial charge in [0.1, 0.15) is 5.69 Å². The summed E-state index contributed by atoms with van der Waals surface area (Å²) in [5, 5.41) is 7.99. The van der Waals surface area contributed by atoms with Gasteiger partial charge in [0.05, 0.1) is 11.1 Å². The number of nitrogens with zero attached hydrogens (tertiary/aromatic N) is 5. The maximum absolute atomic E-state index is 14.0. The van der Waals surface area contributed by atoms with Crippen LogP contribution in [0.25, 0.3) is 27.8 Å². The van der Waals surface area contributed by atoms with Crippen LogP contribution in [0, 0.1) is 0 Å². The van der Waals surface area contributed by atoms with Crippen LogP contribution < -0.4 is 10.6 Å². The van der Waals surface area contributed by atoms with Gasteiger partial charge in [-0.2, -0.15) is 18.3 Å². The Morgan fingerprint density at radius 2 is 1.78 bits per heavy atom. The summed E-state index contributed by atoms with van der Waals surface area (Å²) in [7, 11) is 2.06. The highest BCUT2D eigenvalue weighted by atomic mass is 19.4. The van der Waals surface area contributed by atoms with Crippen LogP contribution in [0.1, 0.15) is 34.2 Å². The molecule has 5 aromatic rings. The lowest BCUT2D eigenvalue weighted by Crippen LogP contribution is -2.39. The normalized spacial score (nSPS) is 13.8. The quantitative estimate of drug-likeness (QED) is 0.277. The summed E-state index contributed by atoms with van der Waals surface area (Å²) in [6, 6.07) is 20.2. The number of carbonyl (C=O) groups is 1. The second-order valence-corrected chi connectivity index (χ2v) is 10.1. The van der Waals surface area contributed by atoms with Gasteiger partial charge in [0, 0.05) is 24.3 Å². The molecule has 3 heterocycles. The molecule has 2 aromatic heterocycles. The number of fused-ring (bicyclic) bond motifs is 2. The van der Waals surface area contributed by atoms with Crippen LogP contribution in [0.2, 0.25) is 0 Å². The Kier molecular flexibility index (Phi) is 6.53. The molecule has 0 aliphatic carbocycles. The topological polar surface area (TPSA) is 93.4 Å². The van der Waals surface area contributed by atoms with Crippen molar-refractivity contribution in [3.63, 3.8) is 0 Å². The van der Waals surface area contributed by atoms with E-state index in [9.17, 15) is 18.0 Å². The predicted octanol–water partition coefficient (Wildman–Crippen LogP) is 5.94. The molecule has 8 nitrogen and oxygen atoms in total. The molecule has 6 rings (SSSR count). The molecule has 0 saturated heterocycles. The zero-order valence-electron chi connectivity index (χ0n) is 22.4. The van der Waals surface area contributed by atoms with Crippen molar-refractivity contribution in [1.82, 2.24) is 19.8 Å². The zero-order valence-corrected chi connectivity index (χ0v) is 22.4. The number of anilines is 2. The lowest BCUT2D eigenvalue weighted by molar-refractivity contribution is -0.141. The number of aromatic nitrogens is 3. The van der Waals surface area contributed by atoms with Gasteiger partial charge in [-0.3, -0.25) is 4.79 Å². The first-order valence-electron chi connectivity index (χ1n) is 13.2. The van der Waals surface area contributed by atoms with Gasteiger partial charge in [-0.1, -0.05) is 48.5 Å². The van der Waals surface area contributed by atoms with Crippen molar-refractivity contribution in [3.05, 3.63) is 89.2 Å². The maximum Gasteiger partial charge on any atom is 0.435 e. The fourth-order valence-corrected chi connectivity index (χ4v) is 5.26. The van der Waals surface area contributed by atoms with Crippen molar-refractivity contribution in [1.29, 1.82) is 0 Å². The van der Waals surface area contributed by atoms with Crippen LogP contribution >= 0.6 is 0 Å². The number of halogens is 3. The summed E-state index contributed by atoms with van der Waals surface area (Å²) in [4.78, 5) is 17.5. The molecule has 41 heavy (non-hydrogen) atoms. The standard InChI is InChI=1S/C30H27F3N6O2/c1-3-37(2)17-19-6-4-5-7-22(19)18-8-10-20(11-9-18)38-15-14-23-26(29(38)40)39(35-27(23)30(31,32)33)21-12-13-25-24(16-21)28(34)36-41-25/h4-13,16H,3,14-15,17H2,1-2H3,(H2,34,36). The molecule has 1 aliphatic heterocycles. The number of amides is 1. The van der Waals surface area contributed by atoms with Crippen molar-refractivity contribution in [3.8, 4) is 16.8 Å². The fraction of sp³-hybridized carbons (Fsp3) is 0.233. The Labute approximate surface area is 233 Å². The Bertz CT molecular complexity index is 1760. The van der Waals surface area contributed by atoms with Crippen LogP contribution in [-0.4, -0.2) is 45.9 Å². The number of nitrogens with two attached hydrogens (primary N) is 1. The van der Waals surface area contributed by atoms with Gasteiger partial charge >= 0.3 is 6.18 Å². The minimum absolute atomic E-state index is 0.00149. The highest BCUT2D eigenvalue weighted by Gasteiger charge is 2.43. The second-order valence-electron chi connectivity index (χ2n) is 10.1. The lowest BCUT2D eigenvalue weighted by Gasteiger charge is -2.28. The van der Waals surface area contributed by atoms with E-state index in [4.69, 9.17) is 10.3 Å². The number of benzene rings is 3. The van der Waals surface area contributed by atoms with E-state index in [1.54, 1.807) is 0 Å². The minimum Gasteiger partial charge on any atom is -0.380 e. The number of alkyl halides is 3. The highest BCUT2D eigenvalue weighted by Crippen LogP contribution is 2.38. The summed E-state index contributed by atoms with van der Waals surface area (Å²) < 4.78 is 48.2. The average molecular weight is 561 g/mol. The lowest BCUT2D eigenvalue weighted by atomic mass is 9.98. The summed E-state index contributed by atoms with van der Waals surface area (Å²) in [5.41, 5.74) is 9.01. The van der Waals surface area contributed by atoms with Crippen LogP contribution in [0.15, 0.2) is 71.3 Å². The molecule has 0 saturated carbocycles. The largest absolute Gasteiger partial charge is 0.435 e. The molecule has 0 bridgehead atoms. The molecule has 3 aromatic carbocycles. The van der Waals surface area contributed by atoms with Gasteiger partial charge in [-0.05, 0) is 67.0 Å². The first-order chi connectivity index (χ1) is 19.7. The third-order valence-corrected chi connectivity index (χ3v) is 7.50. The zero-order chi connectivity index (χ0) is 28.9. The Morgan fingerprint density at radius 3 is 2.51 bits per heavy atom. The molecular weight excluding hydrogens is 533 g/mol. The number of hydrogen-bond donors (Lipinski definition) is 1. The van der Waals surface area contributed by atoms with E-state index in [0.717, 1.165) is 28.9 Å². The first-order valence-corrected chi connectivity index (χ1v) is 13.2. The van der Waals surface area contributed by atoms with Crippen molar-refractivity contribution >= 4 is 28.4 Å². The average Bonchev–Trinajstić information content (AvgIpc) is 3.55. The summed E-state index contributed by atoms with van der Waals surface area (Å²) in [6.45, 7) is 3.90. The molecule has 11 heteroatoms. The number of rotatable bonds is 6. The third kappa shape index (κ3) is 4.71. The third-order valence-electron chi connectivity index (χ3n) is 7.50. The molecular formula is C30H27F3N6O2. The molecule has 0 radical (unpaired) electrons. The van der Waals surface area contributed by atoms with Gasteiger partial charge < -0.3 is 20.1 Å². The monoisotopic (exact) mass is 560 g/mol. The Balaban J connectivity index is 1.37. The summed E-state index contributed by atoms with van der Waals surface area (Å²) >= 11 is 0. The Morgan fingerprint density at radius 1 is 1.05 bits per heavy atom. The van der Waals surface area contributed by atoms with E-state index < -0.39 is 17.8 Å². The molecule has 1 amide bonds. The van der Waals surface area contributed by atoms with Crippen LogP contribution in [0.4, 0.5) is 24.7 Å². The summed E-state index contributed by atoms with van der Waals surface area (Å²) in [5.74, 6) is -0.472. The van der Waals surface area contributed by atoms with Gasteiger partial charge in [-0.25, -0.2) is 4.68 Å². The SMILES string of the molecule is CCN(C)Cc1ccccc1-c1ccc(N2CCc3c(C(F)(F)F)nn(-c4ccc5onc(N)c5c4)c3C2=O)cc1. The smallest absolute Gasteiger partial charge is 0.380 e.